The number of halogens is 1. The number of carbonyl (C=O) groups is 1. The average molecular weight is 415 g/mol. The van der Waals surface area contributed by atoms with Crippen LogP contribution in [0.4, 0.5) is 0 Å². The molecule has 0 saturated heterocycles. The summed E-state index contributed by atoms with van der Waals surface area (Å²) in [6.45, 7) is 6.03. The first-order chi connectivity index (χ1) is 11.4. The predicted molar refractivity (Wildman–Crippen MR) is 97.9 cm³/mol. The van der Waals surface area contributed by atoms with Crippen LogP contribution in [0, 0.1) is 0 Å². The summed E-state index contributed by atoms with van der Waals surface area (Å²) in [7, 11) is 0. The first-order valence-corrected chi connectivity index (χ1v) is 8.69. The maximum atomic E-state index is 12.4. The third-order valence-corrected chi connectivity index (χ3v) is 4.36. The third-order valence-electron chi connectivity index (χ3n) is 3.45. The normalized spacial score (nSPS) is 17.2. The molecule has 0 bridgehead atoms. The second-order valence-corrected chi connectivity index (χ2v) is 6.33. The van der Waals surface area contributed by atoms with Gasteiger partial charge in [-0.15, -0.1) is 0 Å². The highest BCUT2D eigenvalue weighted by Crippen LogP contribution is 2.39. The molecule has 8 heteroatoms. The Morgan fingerprint density at radius 2 is 2.08 bits per heavy atom. The van der Waals surface area contributed by atoms with Gasteiger partial charge in [0.15, 0.2) is 16.6 Å². The molecule has 0 radical (unpaired) electrons. The Bertz CT molecular complexity index is 706. The Labute approximate surface area is 154 Å². The number of nitrogens with one attached hydrogen (secondary N) is 2. The molecular weight excluding hydrogens is 396 g/mol. The molecule has 6 nitrogen and oxygen atoms in total. The van der Waals surface area contributed by atoms with E-state index in [1.165, 1.54) is 6.07 Å². The summed E-state index contributed by atoms with van der Waals surface area (Å²) >= 11 is 8.64. The number of allylic oxidation sites excluding steroid dienone is 1. The Morgan fingerprint density at radius 3 is 2.71 bits per heavy atom. The van der Waals surface area contributed by atoms with Crippen molar-refractivity contribution in [3.05, 3.63) is 33.4 Å². The van der Waals surface area contributed by atoms with E-state index in [4.69, 9.17) is 21.7 Å². The smallest absolute Gasteiger partial charge is 0.338 e. The molecular formula is C16H19BrN2O4S. The van der Waals surface area contributed by atoms with Crippen molar-refractivity contribution in [3.63, 3.8) is 0 Å². The average Bonchev–Trinajstić information content (AvgIpc) is 2.49. The van der Waals surface area contributed by atoms with Crippen LogP contribution in [0.1, 0.15) is 32.4 Å². The minimum atomic E-state index is -0.521. The SMILES string of the molecule is CCOC(=O)C1=C(C)NC(=S)NC1c1cc(OCC)c(O)cc1Br. The molecule has 1 heterocycles. The second-order valence-electron chi connectivity index (χ2n) is 5.07. The molecule has 1 aliphatic heterocycles. The topological polar surface area (TPSA) is 79.8 Å². The Morgan fingerprint density at radius 1 is 1.38 bits per heavy atom. The van der Waals surface area contributed by atoms with E-state index in [9.17, 15) is 9.90 Å². The van der Waals surface area contributed by atoms with Gasteiger partial charge in [-0.2, -0.15) is 0 Å². The number of aromatic hydroxyl groups is 1. The van der Waals surface area contributed by atoms with Gasteiger partial charge in [-0.1, -0.05) is 15.9 Å². The van der Waals surface area contributed by atoms with E-state index in [0.29, 0.717) is 38.8 Å². The summed E-state index contributed by atoms with van der Waals surface area (Å²) in [5.41, 5.74) is 1.77. The van der Waals surface area contributed by atoms with Crippen molar-refractivity contribution < 1.29 is 19.4 Å². The van der Waals surface area contributed by atoms with Gasteiger partial charge >= 0.3 is 5.97 Å². The molecule has 0 aromatic heterocycles. The molecule has 1 atom stereocenters. The molecule has 0 aliphatic carbocycles. The van der Waals surface area contributed by atoms with Gasteiger partial charge in [0.1, 0.15) is 0 Å². The lowest BCUT2D eigenvalue weighted by Gasteiger charge is -2.30. The summed E-state index contributed by atoms with van der Waals surface area (Å²) in [5, 5.41) is 16.4. The number of benzene rings is 1. The van der Waals surface area contributed by atoms with Gasteiger partial charge in [-0.3, -0.25) is 0 Å². The van der Waals surface area contributed by atoms with Gasteiger partial charge in [0.25, 0.3) is 0 Å². The number of thiocarbonyl (C=S) groups is 1. The summed E-state index contributed by atoms with van der Waals surface area (Å²) < 4.78 is 11.2. The first-order valence-electron chi connectivity index (χ1n) is 7.49. The highest BCUT2D eigenvalue weighted by atomic mass is 79.9. The molecule has 1 aliphatic rings. The molecule has 0 saturated carbocycles. The van der Waals surface area contributed by atoms with Crippen LogP contribution < -0.4 is 15.4 Å². The lowest BCUT2D eigenvalue weighted by atomic mass is 9.95. The van der Waals surface area contributed by atoms with E-state index in [1.807, 2.05) is 6.92 Å². The number of hydrogen-bond acceptors (Lipinski definition) is 5. The van der Waals surface area contributed by atoms with Crippen molar-refractivity contribution in [2.45, 2.75) is 26.8 Å². The van der Waals surface area contributed by atoms with Gasteiger partial charge in [0.05, 0.1) is 24.8 Å². The lowest BCUT2D eigenvalue weighted by Crippen LogP contribution is -2.45. The molecule has 130 valence electrons. The maximum absolute atomic E-state index is 12.4. The first kappa shape index (κ1) is 18.5. The number of rotatable bonds is 5. The van der Waals surface area contributed by atoms with Crippen molar-refractivity contribution in [3.8, 4) is 11.5 Å². The minimum Gasteiger partial charge on any atom is -0.504 e. The van der Waals surface area contributed by atoms with Gasteiger partial charge in [0, 0.05) is 10.2 Å². The van der Waals surface area contributed by atoms with Crippen molar-refractivity contribution in [1.29, 1.82) is 0 Å². The Kier molecular flexibility index (Phi) is 6.06. The van der Waals surface area contributed by atoms with Crippen LogP contribution in [0.2, 0.25) is 0 Å². The second kappa shape index (κ2) is 7.85. The Balaban J connectivity index is 2.55. The lowest BCUT2D eigenvalue weighted by molar-refractivity contribution is -0.139. The minimum absolute atomic E-state index is 0.0161. The number of hydrogen-bond donors (Lipinski definition) is 3. The molecule has 1 aromatic carbocycles. The molecule has 0 spiro atoms. The van der Waals surface area contributed by atoms with Crippen LogP contribution >= 0.6 is 28.1 Å². The monoisotopic (exact) mass is 414 g/mol. The summed E-state index contributed by atoms with van der Waals surface area (Å²) in [5.74, 6) is -0.0781. The van der Waals surface area contributed by atoms with E-state index in [2.05, 4.69) is 26.6 Å². The van der Waals surface area contributed by atoms with Gasteiger partial charge in [0.2, 0.25) is 0 Å². The van der Waals surface area contributed by atoms with E-state index >= 15 is 0 Å². The number of carbonyl (C=O) groups excluding carboxylic acids is 1. The quantitative estimate of drug-likeness (QED) is 0.504. The molecule has 1 unspecified atom stereocenters. The van der Waals surface area contributed by atoms with E-state index in [1.54, 1.807) is 19.9 Å². The molecule has 3 N–H and O–H groups in total. The number of phenolic OH excluding ortho intramolecular Hbond substituents is 1. The molecule has 1 aromatic rings. The van der Waals surface area contributed by atoms with E-state index in [0.717, 1.165) is 0 Å². The standard InChI is InChI=1S/C16H19BrN2O4S/c1-4-22-12-6-9(10(17)7-11(12)20)14-13(15(21)23-5-2)8(3)18-16(24)19-14/h6-7,14,20H,4-5H2,1-3H3,(H2,18,19,24). The summed E-state index contributed by atoms with van der Waals surface area (Å²) in [6.07, 6.45) is 0. The van der Waals surface area contributed by atoms with Gasteiger partial charge < -0.3 is 25.2 Å². The number of esters is 1. The fourth-order valence-corrected chi connectivity index (χ4v) is 3.29. The van der Waals surface area contributed by atoms with Gasteiger partial charge in [-0.05, 0) is 50.7 Å². The summed E-state index contributed by atoms with van der Waals surface area (Å²) in [6, 6.07) is 2.69. The highest BCUT2D eigenvalue weighted by molar-refractivity contribution is 9.10. The third kappa shape index (κ3) is 3.81. The molecule has 24 heavy (non-hydrogen) atoms. The van der Waals surface area contributed by atoms with E-state index < -0.39 is 12.0 Å². The van der Waals surface area contributed by atoms with E-state index in [-0.39, 0.29) is 12.4 Å². The molecule has 2 rings (SSSR count). The summed E-state index contributed by atoms with van der Waals surface area (Å²) in [4.78, 5) is 12.4. The predicted octanol–water partition coefficient (Wildman–Crippen LogP) is 2.91. The van der Waals surface area contributed by atoms with Crippen LogP contribution in [0.15, 0.2) is 27.9 Å². The largest absolute Gasteiger partial charge is 0.504 e. The van der Waals surface area contributed by atoms with Gasteiger partial charge in [-0.25, -0.2) is 4.79 Å². The van der Waals surface area contributed by atoms with Crippen LogP contribution in [-0.4, -0.2) is 29.4 Å². The zero-order valence-electron chi connectivity index (χ0n) is 13.6. The van der Waals surface area contributed by atoms with Crippen LogP contribution in [0.5, 0.6) is 11.5 Å². The van der Waals surface area contributed by atoms with Crippen molar-refractivity contribution >= 4 is 39.2 Å². The Hall–Kier alpha value is -1.80. The molecule has 0 fully saturated rings. The van der Waals surface area contributed by atoms with Crippen molar-refractivity contribution in [1.82, 2.24) is 10.6 Å². The highest BCUT2D eigenvalue weighted by Gasteiger charge is 2.32. The van der Waals surface area contributed by atoms with Crippen LogP contribution in [0.3, 0.4) is 0 Å². The fraction of sp³-hybridized carbons (Fsp3) is 0.375. The van der Waals surface area contributed by atoms with Crippen molar-refractivity contribution in [2.75, 3.05) is 13.2 Å². The fourth-order valence-electron chi connectivity index (χ4n) is 2.46. The molecule has 0 amide bonds. The zero-order valence-corrected chi connectivity index (χ0v) is 16.0. The van der Waals surface area contributed by atoms with Crippen LogP contribution in [-0.2, 0) is 9.53 Å². The zero-order chi connectivity index (χ0) is 17.9. The number of ether oxygens (including phenoxy) is 2. The number of phenols is 1. The maximum Gasteiger partial charge on any atom is 0.338 e. The van der Waals surface area contributed by atoms with Crippen LogP contribution in [0.25, 0.3) is 0 Å². The van der Waals surface area contributed by atoms with Crippen molar-refractivity contribution in [2.24, 2.45) is 0 Å².